The molecule has 0 aliphatic carbocycles. The predicted octanol–water partition coefficient (Wildman–Crippen LogP) is 5.34. The van der Waals surface area contributed by atoms with Gasteiger partial charge in [0, 0.05) is 0 Å². The lowest BCUT2D eigenvalue weighted by atomic mass is 10.1. The Labute approximate surface area is 113 Å². The van der Waals surface area contributed by atoms with Crippen molar-refractivity contribution >= 4 is 0 Å². The van der Waals surface area contributed by atoms with E-state index in [0.29, 0.717) is 6.10 Å². The van der Waals surface area contributed by atoms with Crippen molar-refractivity contribution in [3.05, 3.63) is 35.9 Å². The Kier molecular flexibility index (Phi) is 8.58. The highest BCUT2D eigenvalue weighted by Crippen LogP contribution is 2.15. The first kappa shape index (κ1) is 15.2. The lowest BCUT2D eigenvalue weighted by molar-refractivity contribution is 0.0273. The van der Waals surface area contributed by atoms with Crippen LogP contribution in [0.2, 0.25) is 0 Å². The predicted molar refractivity (Wildman–Crippen MR) is 78.7 cm³/mol. The zero-order chi connectivity index (χ0) is 13.1. The van der Waals surface area contributed by atoms with Gasteiger partial charge >= 0.3 is 0 Å². The van der Waals surface area contributed by atoms with Crippen LogP contribution in [0.5, 0.6) is 0 Å². The van der Waals surface area contributed by atoms with Crippen LogP contribution in [0.15, 0.2) is 30.3 Å². The minimum Gasteiger partial charge on any atom is -0.374 e. The lowest BCUT2D eigenvalue weighted by Crippen LogP contribution is -2.12. The molecule has 1 aromatic rings. The van der Waals surface area contributed by atoms with Crippen LogP contribution >= 0.6 is 0 Å². The second kappa shape index (κ2) is 10.1. The first-order chi connectivity index (χ1) is 8.86. The van der Waals surface area contributed by atoms with Crippen LogP contribution in [-0.2, 0) is 11.3 Å². The van der Waals surface area contributed by atoms with Crippen molar-refractivity contribution in [3.63, 3.8) is 0 Å². The maximum Gasteiger partial charge on any atom is 0.0720 e. The quantitative estimate of drug-likeness (QED) is 0.508. The first-order valence-electron chi connectivity index (χ1n) is 7.52. The summed E-state index contributed by atoms with van der Waals surface area (Å²) in [5.41, 5.74) is 1.28. The summed E-state index contributed by atoms with van der Waals surface area (Å²) < 4.78 is 6.05. The van der Waals surface area contributed by atoms with E-state index in [1.165, 1.54) is 50.5 Å². The Morgan fingerprint density at radius 2 is 1.67 bits per heavy atom. The van der Waals surface area contributed by atoms with Crippen molar-refractivity contribution < 1.29 is 4.74 Å². The van der Waals surface area contributed by atoms with E-state index >= 15 is 0 Å². The molecule has 0 aromatic heterocycles. The molecule has 0 aliphatic heterocycles. The molecular formula is C17H28O. The fourth-order valence-electron chi connectivity index (χ4n) is 2.22. The number of ether oxygens (including phenoxy) is 1. The largest absolute Gasteiger partial charge is 0.374 e. The van der Waals surface area contributed by atoms with Gasteiger partial charge in [0.1, 0.15) is 0 Å². The van der Waals surface area contributed by atoms with Crippen LogP contribution in [0.25, 0.3) is 0 Å². The Morgan fingerprint density at radius 3 is 2.33 bits per heavy atom. The summed E-state index contributed by atoms with van der Waals surface area (Å²) in [4.78, 5) is 0. The zero-order valence-corrected chi connectivity index (χ0v) is 12.0. The topological polar surface area (TPSA) is 9.23 Å². The van der Waals surface area contributed by atoms with E-state index in [4.69, 9.17) is 4.74 Å². The van der Waals surface area contributed by atoms with Crippen molar-refractivity contribution in [1.29, 1.82) is 0 Å². The van der Waals surface area contributed by atoms with Gasteiger partial charge in [-0.3, -0.25) is 0 Å². The maximum absolute atomic E-state index is 6.05. The molecule has 0 saturated carbocycles. The summed E-state index contributed by atoms with van der Waals surface area (Å²) in [6, 6.07) is 10.5. The van der Waals surface area contributed by atoms with Crippen molar-refractivity contribution in [1.82, 2.24) is 0 Å². The van der Waals surface area contributed by atoms with Crippen LogP contribution in [-0.4, -0.2) is 6.10 Å². The van der Waals surface area contributed by atoms with Crippen LogP contribution < -0.4 is 0 Å². The van der Waals surface area contributed by atoms with Crippen molar-refractivity contribution in [2.45, 2.75) is 71.5 Å². The molecule has 0 aliphatic rings. The van der Waals surface area contributed by atoms with Crippen LogP contribution in [0, 0.1) is 0 Å². The second-order valence-corrected chi connectivity index (χ2v) is 5.06. The van der Waals surface area contributed by atoms with E-state index < -0.39 is 0 Å². The molecule has 0 spiro atoms. The van der Waals surface area contributed by atoms with Gasteiger partial charge in [0.15, 0.2) is 0 Å². The number of hydrogen-bond donors (Lipinski definition) is 0. The summed E-state index contributed by atoms with van der Waals surface area (Å²) in [5, 5.41) is 0. The van der Waals surface area contributed by atoms with Gasteiger partial charge in [-0.1, -0.05) is 76.3 Å². The van der Waals surface area contributed by atoms with E-state index in [-0.39, 0.29) is 0 Å². The van der Waals surface area contributed by atoms with Crippen LogP contribution in [0.3, 0.4) is 0 Å². The second-order valence-electron chi connectivity index (χ2n) is 5.06. The fourth-order valence-corrected chi connectivity index (χ4v) is 2.22. The molecule has 0 amide bonds. The minimum atomic E-state index is 0.451. The average Bonchev–Trinajstić information content (AvgIpc) is 2.42. The molecule has 1 unspecified atom stereocenters. The molecule has 1 atom stereocenters. The number of rotatable bonds is 10. The summed E-state index contributed by atoms with van der Waals surface area (Å²) >= 11 is 0. The molecule has 0 radical (unpaired) electrons. The molecular weight excluding hydrogens is 220 g/mol. The third kappa shape index (κ3) is 6.80. The van der Waals surface area contributed by atoms with Gasteiger partial charge in [0.2, 0.25) is 0 Å². The first-order valence-corrected chi connectivity index (χ1v) is 7.52. The molecule has 1 heteroatoms. The van der Waals surface area contributed by atoms with Crippen molar-refractivity contribution in [3.8, 4) is 0 Å². The highest BCUT2D eigenvalue weighted by molar-refractivity contribution is 5.13. The molecule has 1 rings (SSSR count). The Balaban J connectivity index is 2.24. The molecule has 0 saturated heterocycles. The molecule has 102 valence electrons. The van der Waals surface area contributed by atoms with Crippen LogP contribution in [0.1, 0.15) is 64.4 Å². The summed E-state index contributed by atoms with van der Waals surface area (Å²) in [5.74, 6) is 0. The summed E-state index contributed by atoms with van der Waals surface area (Å²) in [7, 11) is 0. The third-order valence-corrected chi connectivity index (χ3v) is 3.32. The fraction of sp³-hybridized carbons (Fsp3) is 0.647. The van der Waals surface area contributed by atoms with Crippen molar-refractivity contribution in [2.24, 2.45) is 0 Å². The van der Waals surface area contributed by atoms with Gasteiger partial charge in [-0.15, -0.1) is 0 Å². The normalized spacial score (nSPS) is 12.6. The number of benzene rings is 1. The number of hydrogen-bond acceptors (Lipinski definition) is 1. The van der Waals surface area contributed by atoms with Gasteiger partial charge in [-0.25, -0.2) is 0 Å². The van der Waals surface area contributed by atoms with Gasteiger partial charge in [0.25, 0.3) is 0 Å². The zero-order valence-electron chi connectivity index (χ0n) is 12.0. The summed E-state index contributed by atoms with van der Waals surface area (Å²) in [6.45, 7) is 5.26. The highest BCUT2D eigenvalue weighted by Gasteiger charge is 2.07. The summed E-state index contributed by atoms with van der Waals surface area (Å²) in [6.07, 6.45) is 9.42. The van der Waals surface area contributed by atoms with Gasteiger partial charge in [-0.05, 0) is 18.4 Å². The monoisotopic (exact) mass is 248 g/mol. The molecule has 0 fully saturated rings. The van der Waals surface area contributed by atoms with Crippen LogP contribution in [0.4, 0.5) is 0 Å². The molecule has 0 heterocycles. The molecule has 18 heavy (non-hydrogen) atoms. The van der Waals surface area contributed by atoms with E-state index in [2.05, 4.69) is 44.2 Å². The molecule has 1 nitrogen and oxygen atoms in total. The Bertz CT molecular complexity index is 281. The van der Waals surface area contributed by atoms with Gasteiger partial charge in [-0.2, -0.15) is 0 Å². The molecule has 0 N–H and O–H groups in total. The third-order valence-electron chi connectivity index (χ3n) is 3.32. The van der Waals surface area contributed by atoms with Crippen molar-refractivity contribution in [2.75, 3.05) is 0 Å². The van der Waals surface area contributed by atoms with E-state index in [0.717, 1.165) is 6.61 Å². The Morgan fingerprint density at radius 1 is 0.889 bits per heavy atom. The SMILES string of the molecule is CCCCCCC(CCC)OCc1ccccc1. The van der Waals surface area contributed by atoms with Gasteiger partial charge < -0.3 is 4.74 Å². The lowest BCUT2D eigenvalue weighted by Gasteiger charge is -2.17. The minimum absolute atomic E-state index is 0.451. The molecule has 0 bridgehead atoms. The van der Waals surface area contributed by atoms with E-state index in [1.54, 1.807) is 0 Å². The average molecular weight is 248 g/mol. The smallest absolute Gasteiger partial charge is 0.0720 e. The maximum atomic E-state index is 6.05. The number of unbranched alkanes of at least 4 members (excludes halogenated alkanes) is 3. The van der Waals surface area contributed by atoms with E-state index in [9.17, 15) is 0 Å². The highest BCUT2D eigenvalue weighted by atomic mass is 16.5. The standard InChI is InChI=1S/C17H28O/c1-3-5-6-10-14-17(11-4-2)18-15-16-12-8-7-9-13-16/h7-9,12-13,17H,3-6,10-11,14-15H2,1-2H3. The van der Waals surface area contributed by atoms with E-state index in [1.807, 2.05) is 0 Å². The Hall–Kier alpha value is -0.820. The van der Waals surface area contributed by atoms with Gasteiger partial charge in [0.05, 0.1) is 12.7 Å². The molecule has 1 aromatic carbocycles.